The van der Waals surface area contributed by atoms with Gasteiger partial charge in [0.2, 0.25) is 29.5 Å². The number of hydrogen-bond acceptors (Lipinski definition) is 11. The number of benzene rings is 2. The van der Waals surface area contributed by atoms with Crippen molar-refractivity contribution in [2.45, 2.75) is 166 Å². The van der Waals surface area contributed by atoms with E-state index in [-0.39, 0.29) is 70.9 Å². The van der Waals surface area contributed by atoms with Crippen molar-refractivity contribution in [3.63, 3.8) is 0 Å². The Morgan fingerprint density at radius 3 is 1.74 bits per heavy atom. The van der Waals surface area contributed by atoms with Crippen LogP contribution in [-0.4, -0.2) is 131 Å². The Kier molecular flexibility index (Phi) is 20.3. The van der Waals surface area contributed by atoms with E-state index in [1.807, 2.05) is 88.4 Å². The highest BCUT2D eigenvalue weighted by atomic mass is 32.2. The van der Waals surface area contributed by atoms with Gasteiger partial charge >= 0.3 is 0 Å². The monoisotopic (exact) mass is 1000 g/mol. The molecule has 70 heavy (non-hydrogen) atoms. The number of nitrogens with one attached hydrogen (secondary N) is 4. The smallest absolute Gasteiger partial charge is 0.246 e. The van der Waals surface area contributed by atoms with E-state index in [2.05, 4.69) is 35.1 Å². The van der Waals surface area contributed by atoms with Crippen molar-refractivity contribution in [3.05, 3.63) is 71.8 Å². The molecule has 0 aliphatic carbocycles. The fourth-order valence-electron chi connectivity index (χ4n) is 10.4. The van der Waals surface area contributed by atoms with Gasteiger partial charge in [0.1, 0.15) is 18.1 Å². The Morgan fingerprint density at radius 1 is 0.700 bits per heavy atom. The molecule has 4 aliphatic heterocycles. The highest BCUT2D eigenvalue weighted by Gasteiger charge is 2.56. The van der Waals surface area contributed by atoms with Crippen LogP contribution in [0.3, 0.4) is 0 Å². The zero-order valence-electron chi connectivity index (χ0n) is 42.8. The number of nitrogens with zero attached hydrogens (tertiary/aromatic N) is 2. The third kappa shape index (κ3) is 14.0. The average Bonchev–Trinajstić information content (AvgIpc) is 3.66. The second-order valence-electron chi connectivity index (χ2n) is 21.2. The van der Waals surface area contributed by atoms with E-state index in [1.54, 1.807) is 47.3 Å². The summed E-state index contributed by atoms with van der Waals surface area (Å²) >= 11 is 3.39. The van der Waals surface area contributed by atoms with E-state index >= 15 is 0 Å². The minimum atomic E-state index is -0.700. The summed E-state index contributed by atoms with van der Waals surface area (Å²) in [6.45, 7) is 15.6. The highest BCUT2D eigenvalue weighted by Crippen LogP contribution is 2.48. The van der Waals surface area contributed by atoms with E-state index in [9.17, 15) is 28.8 Å². The summed E-state index contributed by atoms with van der Waals surface area (Å²) in [5.41, 5.74) is 1.04. The molecule has 0 unspecified atom stereocenters. The molecule has 14 nitrogen and oxygen atoms in total. The van der Waals surface area contributed by atoms with E-state index in [0.717, 1.165) is 48.3 Å². The Labute approximate surface area is 425 Å². The molecule has 0 radical (unpaired) electrons. The standard InChI is InChI=1S/C54H80N6O8S2/c1-9-35(2)48(62)56-40-24-28-70-45-32-54(6,7)47(60(45)52(40)66)50(64)58-42(38-22-16-13-17-23-38)34-68-27-19-11-10-18-26-67-33-39(37-20-14-12-15-21-37)30-43(61)46-53(4,5)31-44-59(46)51(65)41(25-29-69-44)57-49(63)36(3)55-8/h12-17,20-23,35-36,39-42,44-47,55H,9-11,18-19,24-34H2,1-8H3,(H,56,62)(H,57,63)(H,58,64)/t35-,36+,39-,40+,41+,42-,44+,45+,46-,47-/m1/s1. The van der Waals surface area contributed by atoms with E-state index < -0.39 is 47.1 Å². The van der Waals surface area contributed by atoms with Crippen LogP contribution in [0.5, 0.6) is 0 Å². The number of carbonyl (C=O) groups is 6. The first-order valence-corrected chi connectivity index (χ1v) is 27.8. The SMILES string of the molecule is CC[C@@H](C)C(=O)N[C@H]1CCS[C@H]2CC(C)(C)[C@@H](C(=O)N[C@H](COCCCCCCOC[C@@H](CC(=O)[C@H]3N4C(=O)[C@@H](NC(=O)[C@H](C)NC)CCS[C@H]4CC3(C)C)c3ccccc3)c3ccccc3)N2C1=O. The third-order valence-electron chi connectivity index (χ3n) is 14.8. The van der Waals surface area contributed by atoms with Crippen LogP contribution >= 0.6 is 23.5 Å². The number of ketones is 1. The molecule has 2 aromatic carbocycles. The summed E-state index contributed by atoms with van der Waals surface area (Å²) in [4.78, 5) is 86.4. The molecular weight excluding hydrogens is 925 g/mol. The van der Waals surface area contributed by atoms with Crippen molar-refractivity contribution >= 4 is 58.8 Å². The Hall–Kier alpha value is -3.96. The maximum absolute atomic E-state index is 14.5. The molecule has 0 spiro atoms. The summed E-state index contributed by atoms with van der Waals surface area (Å²) in [5, 5.41) is 11.9. The van der Waals surface area contributed by atoms with Gasteiger partial charge in [0.15, 0.2) is 5.78 Å². The number of hydrogen-bond donors (Lipinski definition) is 4. The van der Waals surface area contributed by atoms with Crippen LogP contribution in [0, 0.1) is 16.7 Å². The molecule has 0 bridgehead atoms. The second-order valence-corrected chi connectivity index (χ2v) is 23.7. The Balaban J connectivity index is 0.978. The molecule has 6 rings (SSSR count). The number of ether oxygens (including phenoxy) is 2. The van der Waals surface area contributed by atoms with E-state index in [0.29, 0.717) is 51.9 Å². The van der Waals surface area contributed by atoms with Gasteiger partial charge in [-0.1, -0.05) is 115 Å². The van der Waals surface area contributed by atoms with Crippen molar-refractivity contribution in [2.24, 2.45) is 16.7 Å². The van der Waals surface area contributed by atoms with Gasteiger partial charge < -0.3 is 40.5 Å². The second kappa shape index (κ2) is 25.6. The van der Waals surface area contributed by atoms with Crippen molar-refractivity contribution in [1.82, 2.24) is 31.1 Å². The van der Waals surface area contributed by atoms with Gasteiger partial charge in [0.25, 0.3) is 0 Å². The van der Waals surface area contributed by atoms with Gasteiger partial charge in [-0.15, -0.1) is 23.5 Å². The first-order chi connectivity index (χ1) is 33.5. The lowest BCUT2D eigenvalue weighted by molar-refractivity contribution is -0.144. The lowest BCUT2D eigenvalue weighted by Crippen LogP contribution is -2.57. The number of unbranched alkanes of at least 4 members (excludes halogenated alkanes) is 3. The fourth-order valence-corrected chi connectivity index (χ4v) is 13.6. The quantitative estimate of drug-likeness (QED) is 0.0799. The summed E-state index contributed by atoms with van der Waals surface area (Å²) in [6.07, 6.45) is 6.92. The van der Waals surface area contributed by atoms with Crippen LogP contribution in [0.15, 0.2) is 60.7 Å². The molecule has 4 heterocycles. The maximum Gasteiger partial charge on any atom is 0.246 e. The third-order valence-corrected chi connectivity index (χ3v) is 17.3. The maximum atomic E-state index is 14.5. The number of rotatable bonds is 24. The molecule has 4 N–H and O–H groups in total. The van der Waals surface area contributed by atoms with E-state index in [4.69, 9.17) is 9.47 Å². The predicted octanol–water partition coefficient (Wildman–Crippen LogP) is 6.98. The Bertz CT molecular complexity index is 1930. The molecular formula is C54H80N6O8S2. The molecule has 0 saturated carbocycles. The molecule has 386 valence electrons. The van der Waals surface area contributed by atoms with Crippen LogP contribution in [0.25, 0.3) is 0 Å². The first-order valence-electron chi connectivity index (χ1n) is 25.7. The highest BCUT2D eigenvalue weighted by molar-refractivity contribution is 8.00. The summed E-state index contributed by atoms with van der Waals surface area (Å²) in [5.74, 6) is 0.131. The van der Waals surface area contributed by atoms with Gasteiger partial charge in [0.05, 0.1) is 42.1 Å². The van der Waals surface area contributed by atoms with Gasteiger partial charge in [-0.25, -0.2) is 0 Å². The number of amides is 5. The van der Waals surface area contributed by atoms with Crippen molar-refractivity contribution < 1.29 is 38.2 Å². The number of carbonyl (C=O) groups excluding carboxylic acids is 6. The van der Waals surface area contributed by atoms with Crippen LogP contribution in [0.4, 0.5) is 0 Å². The van der Waals surface area contributed by atoms with Gasteiger partial charge in [0, 0.05) is 31.5 Å². The number of likely N-dealkylation sites (N-methyl/N-ethyl adjacent to an activating group) is 1. The zero-order valence-corrected chi connectivity index (χ0v) is 44.5. The van der Waals surface area contributed by atoms with Gasteiger partial charge in [-0.3, -0.25) is 28.8 Å². The predicted molar refractivity (Wildman–Crippen MR) is 278 cm³/mol. The molecule has 4 fully saturated rings. The van der Waals surface area contributed by atoms with Crippen LogP contribution in [0.1, 0.15) is 136 Å². The minimum Gasteiger partial charge on any atom is -0.381 e. The van der Waals surface area contributed by atoms with Gasteiger partial charge in [-0.2, -0.15) is 0 Å². The number of Topliss-reactive ketones (excluding diaryl/α,β-unsaturated/α-hetero) is 1. The summed E-state index contributed by atoms with van der Waals surface area (Å²) in [6, 6.07) is 16.3. The van der Waals surface area contributed by atoms with Crippen LogP contribution in [-0.2, 0) is 38.2 Å². The normalized spacial score (nSPS) is 25.7. The Morgan fingerprint density at radius 2 is 1.20 bits per heavy atom. The van der Waals surface area contributed by atoms with Crippen LogP contribution in [0.2, 0.25) is 0 Å². The number of fused-ring (bicyclic) bond motifs is 2. The van der Waals surface area contributed by atoms with E-state index in [1.165, 1.54) is 0 Å². The molecule has 10 atom stereocenters. The molecule has 2 aromatic rings. The molecule has 0 aromatic heterocycles. The van der Waals surface area contributed by atoms with Crippen molar-refractivity contribution in [3.8, 4) is 0 Å². The lowest BCUT2D eigenvalue weighted by Gasteiger charge is -2.35. The molecule has 4 saturated heterocycles. The molecule has 16 heteroatoms. The largest absolute Gasteiger partial charge is 0.381 e. The topological polar surface area (TPSA) is 175 Å². The molecule has 5 amide bonds. The minimum absolute atomic E-state index is 0.0171. The first kappa shape index (κ1) is 55.4. The van der Waals surface area contributed by atoms with Crippen molar-refractivity contribution in [2.75, 3.05) is 45.0 Å². The lowest BCUT2D eigenvalue weighted by atomic mass is 9.79. The fraction of sp³-hybridized carbons (Fsp3) is 0.667. The van der Waals surface area contributed by atoms with Crippen molar-refractivity contribution in [1.29, 1.82) is 0 Å². The average molecular weight is 1010 g/mol. The zero-order chi connectivity index (χ0) is 50.6. The summed E-state index contributed by atoms with van der Waals surface area (Å²) in [7, 11) is 1.71. The summed E-state index contributed by atoms with van der Waals surface area (Å²) < 4.78 is 12.5. The van der Waals surface area contributed by atoms with Gasteiger partial charge in [-0.05, 0) is 92.4 Å². The van der Waals surface area contributed by atoms with Crippen LogP contribution < -0.4 is 21.3 Å². The number of thioether (sulfide) groups is 2. The molecule has 4 aliphatic rings.